The fourth-order valence-electron chi connectivity index (χ4n) is 2.81. The van der Waals surface area contributed by atoms with Crippen molar-refractivity contribution in [3.8, 4) is 0 Å². The number of ether oxygens (including phenoxy) is 2. The van der Waals surface area contributed by atoms with E-state index >= 15 is 0 Å². The maximum atomic E-state index is 13.0. The zero-order valence-corrected chi connectivity index (χ0v) is 20.2. The highest BCUT2D eigenvalue weighted by molar-refractivity contribution is 6.58. The quantitative estimate of drug-likeness (QED) is 0.184. The minimum Gasteiger partial charge on any atom is -0.466 e. The van der Waals surface area contributed by atoms with Gasteiger partial charge in [0.25, 0.3) is 0 Å². The molecule has 1 unspecified atom stereocenters. The molecular weight excluding hydrogens is 394 g/mol. The van der Waals surface area contributed by atoms with E-state index in [1.807, 2.05) is 34.6 Å². The van der Waals surface area contributed by atoms with Crippen LogP contribution in [-0.4, -0.2) is 71.6 Å². The predicted molar refractivity (Wildman–Crippen MR) is 113 cm³/mol. The van der Waals surface area contributed by atoms with Crippen LogP contribution in [0.5, 0.6) is 0 Å². The summed E-state index contributed by atoms with van der Waals surface area (Å²) in [5.74, 6) is -0.920. The lowest BCUT2D eigenvalue weighted by Gasteiger charge is -2.40. The molecule has 0 N–H and O–H groups in total. The molecule has 0 spiro atoms. The normalized spacial score (nSPS) is 12.8. The molecule has 0 aliphatic rings. The van der Waals surface area contributed by atoms with Gasteiger partial charge in [0.1, 0.15) is 6.04 Å². The van der Waals surface area contributed by atoms with Gasteiger partial charge in [-0.15, -0.1) is 0 Å². The molecule has 29 heavy (non-hydrogen) atoms. The van der Waals surface area contributed by atoms with E-state index in [0.717, 1.165) is 32.1 Å². The molecule has 8 nitrogen and oxygen atoms in total. The lowest BCUT2D eigenvalue weighted by molar-refractivity contribution is -0.157. The van der Waals surface area contributed by atoms with E-state index in [1.165, 1.54) is 7.11 Å². The van der Waals surface area contributed by atoms with Crippen molar-refractivity contribution in [2.24, 2.45) is 0 Å². The van der Waals surface area contributed by atoms with Crippen LogP contribution in [0.3, 0.4) is 0 Å². The summed E-state index contributed by atoms with van der Waals surface area (Å²) < 4.78 is 30.1. The molecule has 0 heterocycles. The minimum absolute atomic E-state index is 0.132. The molecule has 0 amide bonds. The summed E-state index contributed by atoms with van der Waals surface area (Å²) in [6.07, 6.45) is 3.97. The van der Waals surface area contributed by atoms with Gasteiger partial charge in [0, 0.05) is 20.3 Å². The van der Waals surface area contributed by atoms with Crippen molar-refractivity contribution in [3.05, 3.63) is 0 Å². The van der Waals surface area contributed by atoms with Crippen molar-refractivity contribution in [1.82, 2.24) is 4.57 Å². The van der Waals surface area contributed by atoms with Crippen molar-refractivity contribution >= 4 is 20.9 Å². The largest absolute Gasteiger partial charge is 0.600 e. The molecule has 0 aliphatic heterocycles. The van der Waals surface area contributed by atoms with Gasteiger partial charge in [0.2, 0.25) is 0 Å². The van der Waals surface area contributed by atoms with Gasteiger partial charge in [0.05, 0.1) is 19.6 Å². The van der Waals surface area contributed by atoms with Gasteiger partial charge in [-0.1, -0.05) is 33.6 Å². The Morgan fingerprint density at radius 3 is 1.86 bits per heavy atom. The molecule has 0 aliphatic carbocycles. The number of unbranched alkanes of at least 4 members (excludes halogenated alkanes) is 2. The van der Waals surface area contributed by atoms with Crippen molar-refractivity contribution in [1.29, 1.82) is 0 Å². The molecule has 9 heteroatoms. The molecule has 0 aromatic rings. The van der Waals surface area contributed by atoms with Crippen LogP contribution >= 0.6 is 0 Å². The first-order valence-electron chi connectivity index (χ1n) is 10.9. The summed E-state index contributed by atoms with van der Waals surface area (Å²) in [7, 11) is -1.86. The zero-order chi connectivity index (χ0) is 22.1. The molecule has 0 bridgehead atoms. The van der Waals surface area contributed by atoms with Gasteiger partial charge in [-0.25, -0.2) is 4.57 Å². The molecule has 0 aromatic heterocycles. The highest BCUT2D eigenvalue weighted by Gasteiger charge is 2.53. The summed E-state index contributed by atoms with van der Waals surface area (Å²) in [6, 6.07) is -0.884. The summed E-state index contributed by atoms with van der Waals surface area (Å²) in [4.78, 5) is 25.4. The minimum atomic E-state index is -3.37. The SMILES string of the molecule is CCCCOC(=O)CC(C(=O)OCCCC)N(CCC)[Si](OC)(OCC)OCC. The lowest BCUT2D eigenvalue weighted by Crippen LogP contribution is -2.66. The van der Waals surface area contributed by atoms with Crippen LogP contribution in [0.15, 0.2) is 0 Å². The highest BCUT2D eigenvalue weighted by Crippen LogP contribution is 2.22. The number of hydrogen-bond acceptors (Lipinski definition) is 8. The van der Waals surface area contributed by atoms with E-state index in [-0.39, 0.29) is 6.42 Å². The average molecular weight is 436 g/mol. The maximum absolute atomic E-state index is 13.0. The number of hydrogen-bond donors (Lipinski definition) is 0. The molecule has 0 saturated carbocycles. The Balaban J connectivity index is 5.74. The third-order valence-electron chi connectivity index (χ3n) is 4.24. The second-order valence-electron chi connectivity index (χ2n) is 6.60. The van der Waals surface area contributed by atoms with Gasteiger partial charge in [-0.2, -0.15) is 0 Å². The first-order valence-corrected chi connectivity index (χ1v) is 12.5. The summed E-state index contributed by atoms with van der Waals surface area (Å²) >= 11 is 0. The van der Waals surface area contributed by atoms with Crippen LogP contribution in [0.4, 0.5) is 0 Å². The molecule has 172 valence electrons. The average Bonchev–Trinajstić information content (AvgIpc) is 2.70. The molecule has 0 rings (SSSR count). The Hall–Kier alpha value is -1.00. The zero-order valence-electron chi connectivity index (χ0n) is 19.2. The van der Waals surface area contributed by atoms with Crippen molar-refractivity contribution in [2.45, 2.75) is 79.2 Å². The number of carbonyl (C=O) groups is 2. The molecule has 1 atom stereocenters. The van der Waals surface area contributed by atoms with E-state index in [2.05, 4.69) is 0 Å². The van der Waals surface area contributed by atoms with Gasteiger partial charge in [0.15, 0.2) is 0 Å². The third-order valence-corrected chi connectivity index (χ3v) is 7.30. The van der Waals surface area contributed by atoms with E-state index < -0.39 is 26.9 Å². The second-order valence-corrected chi connectivity index (χ2v) is 9.21. The molecule has 0 radical (unpaired) electrons. The maximum Gasteiger partial charge on any atom is 0.600 e. The first-order chi connectivity index (χ1) is 14.0. The van der Waals surface area contributed by atoms with Crippen LogP contribution in [0.2, 0.25) is 0 Å². The monoisotopic (exact) mass is 435 g/mol. The van der Waals surface area contributed by atoms with Crippen LogP contribution < -0.4 is 0 Å². The highest BCUT2D eigenvalue weighted by atomic mass is 28.4. The second kappa shape index (κ2) is 16.8. The Kier molecular flexibility index (Phi) is 16.2. The van der Waals surface area contributed by atoms with E-state index in [4.69, 9.17) is 22.8 Å². The summed E-state index contributed by atoms with van der Waals surface area (Å²) in [5.41, 5.74) is 0. The van der Waals surface area contributed by atoms with Crippen LogP contribution in [0.25, 0.3) is 0 Å². The van der Waals surface area contributed by atoms with E-state index in [9.17, 15) is 9.59 Å². The number of carbonyl (C=O) groups excluding carboxylic acids is 2. The van der Waals surface area contributed by atoms with Crippen LogP contribution in [0.1, 0.15) is 73.1 Å². The predicted octanol–water partition coefficient (Wildman–Crippen LogP) is 3.30. The van der Waals surface area contributed by atoms with Crippen molar-refractivity contribution in [2.75, 3.05) is 40.1 Å². The van der Waals surface area contributed by atoms with E-state index in [0.29, 0.717) is 33.0 Å². The first kappa shape index (κ1) is 28.0. The Bertz CT molecular complexity index is 445. The number of esters is 2. The van der Waals surface area contributed by atoms with Gasteiger partial charge >= 0.3 is 20.9 Å². The summed E-state index contributed by atoms with van der Waals surface area (Å²) in [6.45, 7) is 11.5. The molecule has 0 fully saturated rings. The lowest BCUT2D eigenvalue weighted by atomic mass is 10.2. The third kappa shape index (κ3) is 10.0. The molecule has 0 saturated heterocycles. The molecular formula is C20H41NO7Si. The van der Waals surface area contributed by atoms with E-state index in [1.54, 1.807) is 4.57 Å². The Morgan fingerprint density at radius 2 is 1.41 bits per heavy atom. The van der Waals surface area contributed by atoms with Crippen molar-refractivity contribution in [3.63, 3.8) is 0 Å². The molecule has 0 aromatic carbocycles. The van der Waals surface area contributed by atoms with Gasteiger partial charge in [-0.3, -0.25) is 9.59 Å². The Labute approximate surface area is 177 Å². The smallest absolute Gasteiger partial charge is 0.466 e. The van der Waals surface area contributed by atoms with Crippen LogP contribution in [-0.2, 0) is 32.3 Å². The standard InChI is InChI=1S/C20H41NO7Si/c1-7-12-15-25-19(22)17-18(20(23)26-16-13-8-2)21(14-9-3)29(24-6,27-10-4)28-11-5/h18H,7-17H2,1-6H3. The van der Waals surface area contributed by atoms with Crippen molar-refractivity contribution < 1.29 is 32.3 Å². The Morgan fingerprint density at radius 1 is 0.862 bits per heavy atom. The topological polar surface area (TPSA) is 83.5 Å². The van der Waals surface area contributed by atoms with Gasteiger partial charge in [-0.05, 0) is 39.7 Å². The number of rotatable bonds is 18. The summed E-state index contributed by atoms with van der Waals surface area (Å²) in [5, 5.41) is 0. The number of nitrogens with zero attached hydrogens (tertiary/aromatic N) is 1. The fraction of sp³-hybridized carbons (Fsp3) is 0.900. The van der Waals surface area contributed by atoms with Crippen LogP contribution in [0, 0.1) is 0 Å². The van der Waals surface area contributed by atoms with Gasteiger partial charge < -0.3 is 22.8 Å². The fourth-order valence-corrected chi connectivity index (χ4v) is 5.50.